The number of fused-ring (bicyclic) bond motifs is 2. The van der Waals surface area contributed by atoms with E-state index in [2.05, 4.69) is 70.7 Å². The Labute approximate surface area is 274 Å². The van der Waals surface area contributed by atoms with E-state index >= 15 is 0 Å². The molecule has 47 heavy (non-hydrogen) atoms. The fourth-order valence-electron chi connectivity index (χ4n) is 6.70. The molecule has 0 aliphatic carbocycles. The Morgan fingerprint density at radius 1 is 0.660 bits per heavy atom. The third-order valence-electron chi connectivity index (χ3n) is 9.08. The van der Waals surface area contributed by atoms with Crippen LogP contribution in [0.15, 0.2) is 125 Å². The number of hydrogen-bond acceptors (Lipinski definition) is 7. The Balaban J connectivity index is 1.14. The summed E-state index contributed by atoms with van der Waals surface area (Å²) in [7, 11) is 1.70. The van der Waals surface area contributed by atoms with Gasteiger partial charge in [0, 0.05) is 35.9 Å². The molecule has 0 bridgehead atoms. The van der Waals surface area contributed by atoms with Gasteiger partial charge in [-0.2, -0.15) is 0 Å². The molecule has 0 spiro atoms. The Morgan fingerprint density at radius 3 is 1.89 bits per heavy atom. The number of benzene rings is 3. The summed E-state index contributed by atoms with van der Waals surface area (Å²) in [4.78, 5) is 19.7. The number of methoxy groups -OCH3 is 1. The summed E-state index contributed by atoms with van der Waals surface area (Å²) in [6.07, 6.45) is 15.6. The highest BCUT2D eigenvalue weighted by Crippen LogP contribution is 2.36. The van der Waals surface area contributed by atoms with Crippen molar-refractivity contribution in [2.24, 2.45) is 9.98 Å². The maximum absolute atomic E-state index is 5.64. The molecule has 2 aromatic heterocycles. The Kier molecular flexibility index (Phi) is 7.79. The minimum Gasteiger partial charge on any atom is -0.497 e. The summed E-state index contributed by atoms with van der Waals surface area (Å²) in [5.74, 6) is 2.42. The summed E-state index contributed by atoms with van der Waals surface area (Å²) in [6.45, 7) is 0.261. The number of pyridine rings is 2. The maximum Gasteiger partial charge on any atom is 0.231 e. The van der Waals surface area contributed by atoms with Gasteiger partial charge in [-0.3, -0.25) is 20.0 Å². The first-order valence-corrected chi connectivity index (χ1v) is 16.1. The van der Waals surface area contributed by atoms with E-state index in [1.807, 2.05) is 48.9 Å². The van der Waals surface area contributed by atoms with Crippen molar-refractivity contribution in [3.8, 4) is 17.2 Å². The minimum absolute atomic E-state index is 0.0583. The molecule has 0 saturated heterocycles. The lowest BCUT2D eigenvalue weighted by Crippen LogP contribution is -2.32. The van der Waals surface area contributed by atoms with Gasteiger partial charge in [0.25, 0.3) is 0 Å². The molecule has 7 heteroatoms. The molecule has 7 nitrogen and oxygen atoms in total. The summed E-state index contributed by atoms with van der Waals surface area (Å²) < 4.78 is 16.6. The van der Waals surface area contributed by atoms with Crippen LogP contribution in [0, 0.1) is 0 Å². The van der Waals surface area contributed by atoms with Gasteiger partial charge in [-0.05, 0) is 125 Å². The third kappa shape index (κ3) is 6.04. The van der Waals surface area contributed by atoms with E-state index < -0.39 is 0 Å². The third-order valence-corrected chi connectivity index (χ3v) is 9.08. The van der Waals surface area contributed by atoms with Crippen LogP contribution in [-0.2, 0) is 0 Å². The highest BCUT2D eigenvalue weighted by Gasteiger charge is 2.31. The molecule has 0 amide bonds. The molecule has 3 aliphatic heterocycles. The summed E-state index contributed by atoms with van der Waals surface area (Å²) in [5.41, 5.74) is 8.67. The van der Waals surface area contributed by atoms with Crippen LogP contribution in [0.4, 0.5) is 0 Å². The fourth-order valence-corrected chi connectivity index (χ4v) is 6.70. The van der Waals surface area contributed by atoms with Crippen molar-refractivity contribution in [1.29, 1.82) is 0 Å². The molecule has 0 fully saturated rings. The predicted molar refractivity (Wildman–Crippen MR) is 187 cm³/mol. The first-order valence-electron chi connectivity index (χ1n) is 16.1. The molecule has 232 valence electrons. The standard InChI is InChI=1S/C40H34N4O3/c1-45-34-12-9-28-18-26(6-8-29(28)22-34)19-30-10-13-35(43-39(30)32-4-2-16-41-23-32)36-14-11-31(40(44-36)33-5-3-17-42-24-33)20-27-7-15-37-38(21-27)47-25-46-37/h2-9,12,15-24,35-36H,10-11,13-14,25H2,1H3/b30-19+,31-20+. The zero-order chi connectivity index (χ0) is 31.6. The van der Waals surface area contributed by atoms with Crippen LogP contribution in [0.3, 0.4) is 0 Å². The van der Waals surface area contributed by atoms with Crippen LogP contribution in [-0.4, -0.2) is 47.4 Å². The predicted octanol–water partition coefficient (Wildman–Crippen LogP) is 8.14. The molecular formula is C40H34N4O3. The van der Waals surface area contributed by atoms with Crippen LogP contribution in [0.1, 0.15) is 47.9 Å². The maximum atomic E-state index is 5.64. The van der Waals surface area contributed by atoms with Crippen molar-refractivity contribution in [3.63, 3.8) is 0 Å². The molecular weight excluding hydrogens is 584 g/mol. The van der Waals surface area contributed by atoms with Crippen LogP contribution in [0.25, 0.3) is 22.9 Å². The van der Waals surface area contributed by atoms with Gasteiger partial charge in [0.1, 0.15) is 5.75 Å². The molecule has 3 aromatic carbocycles. The van der Waals surface area contributed by atoms with Crippen LogP contribution < -0.4 is 14.2 Å². The van der Waals surface area contributed by atoms with E-state index in [1.54, 1.807) is 13.3 Å². The number of hydrogen-bond donors (Lipinski definition) is 0. The van der Waals surface area contributed by atoms with Crippen molar-refractivity contribution in [1.82, 2.24) is 9.97 Å². The Hall–Kier alpha value is -5.56. The van der Waals surface area contributed by atoms with Gasteiger partial charge < -0.3 is 14.2 Å². The zero-order valence-electron chi connectivity index (χ0n) is 26.2. The molecule has 2 unspecified atom stereocenters. The first-order chi connectivity index (χ1) is 23.2. The second kappa shape index (κ2) is 12.7. The van der Waals surface area contributed by atoms with Gasteiger partial charge in [0.2, 0.25) is 6.79 Å². The second-order valence-electron chi connectivity index (χ2n) is 12.1. The van der Waals surface area contributed by atoms with Crippen molar-refractivity contribution >= 4 is 34.3 Å². The minimum atomic E-state index is 0.0583. The highest BCUT2D eigenvalue weighted by molar-refractivity contribution is 6.16. The van der Waals surface area contributed by atoms with E-state index in [0.29, 0.717) is 0 Å². The van der Waals surface area contributed by atoms with Crippen LogP contribution in [0.2, 0.25) is 0 Å². The summed E-state index contributed by atoms with van der Waals surface area (Å²) >= 11 is 0. The zero-order valence-corrected chi connectivity index (χ0v) is 26.2. The summed E-state index contributed by atoms with van der Waals surface area (Å²) in [5, 5.41) is 2.33. The smallest absolute Gasteiger partial charge is 0.231 e. The van der Waals surface area contributed by atoms with Gasteiger partial charge in [0.05, 0.1) is 30.6 Å². The van der Waals surface area contributed by atoms with E-state index in [0.717, 1.165) is 82.0 Å². The lowest BCUT2D eigenvalue weighted by Gasteiger charge is -2.31. The van der Waals surface area contributed by atoms with Gasteiger partial charge in [-0.1, -0.05) is 24.3 Å². The number of rotatable bonds is 6. The van der Waals surface area contributed by atoms with Gasteiger partial charge in [0.15, 0.2) is 11.5 Å². The van der Waals surface area contributed by atoms with E-state index in [1.165, 1.54) is 16.5 Å². The Morgan fingerprint density at radius 2 is 1.26 bits per heavy atom. The molecule has 0 radical (unpaired) electrons. The topological polar surface area (TPSA) is 78.2 Å². The molecule has 8 rings (SSSR count). The summed E-state index contributed by atoms with van der Waals surface area (Å²) in [6, 6.07) is 27.1. The molecule has 3 aliphatic rings. The monoisotopic (exact) mass is 618 g/mol. The number of ether oxygens (including phenoxy) is 3. The van der Waals surface area contributed by atoms with Crippen LogP contribution in [0.5, 0.6) is 17.2 Å². The lowest BCUT2D eigenvalue weighted by molar-refractivity contribution is 0.174. The Bertz CT molecular complexity index is 2070. The molecule has 2 atom stereocenters. The molecule has 5 heterocycles. The lowest BCUT2D eigenvalue weighted by atomic mass is 9.85. The molecule has 0 N–H and O–H groups in total. The van der Waals surface area contributed by atoms with E-state index in [-0.39, 0.29) is 18.9 Å². The molecule has 0 saturated carbocycles. The average molecular weight is 619 g/mol. The largest absolute Gasteiger partial charge is 0.497 e. The van der Waals surface area contributed by atoms with Crippen molar-refractivity contribution < 1.29 is 14.2 Å². The number of nitrogens with zero attached hydrogens (tertiary/aromatic N) is 4. The second-order valence-corrected chi connectivity index (χ2v) is 12.1. The van der Waals surface area contributed by atoms with Crippen molar-refractivity contribution in [2.75, 3.05) is 13.9 Å². The molecule has 5 aromatic rings. The van der Waals surface area contributed by atoms with Gasteiger partial charge in [-0.25, -0.2) is 0 Å². The average Bonchev–Trinajstić information content (AvgIpc) is 3.61. The van der Waals surface area contributed by atoms with Crippen molar-refractivity contribution in [3.05, 3.63) is 137 Å². The highest BCUT2D eigenvalue weighted by atomic mass is 16.7. The van der Waals surface area contributed by atoms with Crippen LogP contribution >= 0.6 is 0 Å². The normalized spacial score (nSPS) is 20.7. The van der Waals surface area contributed by atoms with Crippen molar-refractivity contribution in [2.45, 2.75) is 37.8 Å². The first kappa shape index (κ1) is 28.9. The van der Waals surface area contributed by atoms with E-state index in [4.69, 9.17) is 24.2 Å². The number of aliphatic imine (C=N–C) groups is 2. The fraction of sp³-hybridized carbons (Fsp3) is 0.200. The number of allylic oxidation sites excluding steroid dienone is 2. The quantitative estimate of drug-likeness (QED) is 0.192. The van der Waals surface area contributed by atoms with Gasteiger partial charge >= 0.3 is 0 Å². The van der Waals surface area contributed by atoms with Gasteiger partial charge in [-0.15, -0.1) is 0 Å². The van der Waals surface area contributed by atoms with E-state index in [9.17, 15) is 0 Å². The SMILES string of the molecule is COc1ccc2cc(/C=C3\CCC(C4CC/C(=C\c5ccc6c(c5)OCO6)C(c5cccnc5)=N4)N=C3c3cccnc3)ccc2c1. The number of aromatic nitrogens is 2.